The van der Waals surface area contributed by atoms with Crippen molar-refractivity contribution in [3.63, 3.8) is 0 Å². The van der Waals surface area contributed by atoms with Gasteiger partial charge in [0.05, 0.1) is 0 Å². The zero-order valence-electron chi connectivity index (χ0n) is 14.5. The maximum absolute atomic E-state index is 4.41. The molecule has 0 fully saturated rings. The van der Waals surface area contributed by atoms with Crippen molar-refractivity contribution < 1.29 is 0 Å². The molecule has 4 aromatic rings. The molecule has 0 saturated heterocycles. The first-order valence-electron chi connectivity index (χ1n) is 8.52. The van der Waals surface area contributed by atoms with E-state index in [0.717, 1.165) is 5.57 Å². The molecule has 0 N–H and O–H groups in total. The van der Waals surface area contributed by atoms with Gasteiger partial charge in [-0.2, -0.15) is 0 Å². The van der Waals surface area contributed by atoms with Gasteiger partial charge in [-0.3, -0.25) is 0 Å². The smallest absolute Gasteiger partial charge is 0.0436 e. The van der Waals surface area contributed by atoms with Gasteiger partial charge in [0.15, 0.2) is 0 Å². The second-order valence-electron chi connectivity index (χ2n) is 6.32. The molecule has 0 aliphatic carbocycles. The zero-order chi connectivity index (χ0) is 17.4. The van der Waals surface area contributed by atoms with Crippen molar-refractivity contribution in [3.8, 4) is 0 Å². The molecule has 0 nitrogen and oxygen atoms in total. The van der Waals surface area contributed by atoms with E-state index < -0.39 is 0 Å². The van der Waals surface area contributed by atoms with E-state index in [-0.39, 0.29) is 0 Å². The van der Waals surface area contributed by atoms with E-state index in [0.29, 0.717) is 0 Å². The van der Waals surface area contributed by atoms with Crippen LogP contribution in [0.2, 0.25) is 0 Å². The fourth-order valence-electron chi connectivity index (χ4n) is 3.45. The van der Waals surface area contributed by atoms with Crippen LogP contribution in [0.25, 0.3) is 37.9 Å². The number of allylic oxidation sites excluding steroid dienone is 1. The monoisotopic (exact) mass is 340 g/mol. The molecule has 4 rings (SSSR count). The lowest BCUT2D eigenvalue weighted by molar-refractivity contribution is 1.47. The molecule has 0 unspecified atom stereocenters. The van der Waals surface area contributed by atoms with E-state index in [9.17, 15) is 0 Å². The Morgan fingerprint density at radius 1 is 0.880 bits per heavy atom. The normalized spacial score (nSPS) is 13.0. The Kier molecular flexibility index (Phi) is 4.03. The highest BCUT2D eigenvalue weighted by molar-refractivity contribution is 7.26. The van der Waals surface area contributed by atoms with Gasteiger partial charge in [-0.1, -0.05) is 67.3 Å². The van der Waals surface area contributed by atoms with Crippen molar-refractivity contribution in [2.45, 2.75) is 13.8 Å². The summed E-state index contributed by atoms with van der Waals surface area (Å²) in [5, 5.41) is 5.11. The second-order valence-corrected chi connectivity index (χ2v) is 7.37. The second kappa shape index (κ2) is 6.34. The first-order valence-corrected chi connectivity index (χ1v) is 9.34. The Hall–Kier alpha value is -2.64. The predicted molar refractivity (Wildman–Crippen MR) is 113 cm³/mol. The van der Waals surface area contributed by atoms with Crippen molar-refractivity contribution in [3.05, 3.63) is 88.8 Å². The van der Waals surface area contributed by atoms with Crippen LogP contribution in [0, 0.1) is 6.92 Å². The van der Waals surface area contributed by atoms with Crippen LogP contribution in [-0.4, -0.2) is 0 Å². The molecule has 0 spiro atoms. The third-order valence-corrected chi connectivity index (χ3v) is 5.92. The van der Waals surface area contributed by atoms with E-state index >= 15 is 0 Å². The summed E-state index contributed by atoms with van der Waals surface area (Å²) in [6.07, 6.45) is 4.35. The van der Waals surface area contributed by atoms with Gasteiger partial charge in [-0.05, 0) is 47.6 Å². The van der Waals surface area contributed by atoms with Crippen molar-refractivity contribution in [1.29, 1.82) is 0 Å². The summed E-state index contributed by atoms with van der Waals surface area (Å²) >= 11 is 1.86. The molecule has 3 aromatic carbocycles. The van der Waals surface area contributed by atoms with E-state index in [1.807, 2.05) is 11.3 Å². The molecule has 0 aliphatic heterocycles. The number of hydrogen-bond donors (Lipinski definition) is 0. The van der Waals surface area contributed by atoms with Crippen molar-refractivity contribution >= 4 is 49.2 Å². The summed E-state index contributed by atoms with van der Waals surface area (Å²) < 4.78 is 2.67. The fourth-order valence-corrected chi connectivity index (χ4v) is 4.79. The molecule has 0 bridgehead atoms. The highest BCUT2D eigenvalue weighted by Crippen LogP contribution is 2.39. The molecule has 1 heterocycles. The number of hydrogen-bond acceptors (Lipinski definition) is 1. The summed E-state index contributed by atoms with van der Waals surface area (Å²) in [5.74, 6) is 0. The summed E-state index contributed by atoms with van der Waals surface area (Å²) in [6, 6.07) is 21.6. The highest BCUT2D eigenvalue weighted by Gasteiger charge is 2.12. The number of rotatable bonds is 2. The van der Waals surface area contributed by atoms with Crippen LogP contribution < -0.4 is 10.4 Å². The molecular weight excluding hydrogens is 320 g/mol. The topological polar surface area (TPSA) is 0 Å². The lowest BCUT2D eigenvalue weighted by Gasteiger charge is -2.08. The number of aryl methyl sites for hydroxylation is 1. The van der Waals surface area contributed by atoms with Gasteiger partial charge in [-0.25, -0.2) is 0 Å². The Morgan fingerprint density at radius 2 is 1.60 bits per heavy atom. The molecule has 0 saturated carbocycles. The minimum absolute atomic E-state index is 1.07. The van der Waals surface area contributed by atoms with Crippen LogP contribution in [0.5, 0.6) is 0 Å². The van der Waals surface area contributed by atoms with Crippen LogP contribution in [0.1, 0.15) is 18.1 Å². The standard InChI is InChI=1S/C24H20S/c1-4-18-9-5-6-10-19(18)15-17(3)23-16(2)13-14-21-20-11-7-8-12-22(20)25-24(21)23/h4-15H,3H2,1-2H3/b18-4-,19-15-. The molecule has 0 atom stereocenters. The quantitative estimate of drug-likeness (QED) is 0.442. The van der Waals surface area contributed by atoms with Gasteiger partial charge < -0.3 is 0 Å². The lowest BCUT2D eigenvalue weighted by atomic mass is 9.98. The Balaban J connectivity index is 2.00. The summed E-state index contributed by atoms with van der Waals surface area (Å²) in [4.78, 5) is 0. The maximum atomic E-state index is 4.41. The third kappa shape index (κ3) is 2.71. The third-order valence-electron chi connectivity index (χ3n) is 4.71. The molecule has 25 heavy (non-hydrogen) atoms. The van der Waals surface area contributed by atoms with E-state index in [4.69, 9.17) is 0 Å². The minimum atomic E-state index is 1.07. The SMILES string of the molecule is C=C(/C=c1/cccc/c1=C/C)c1c(C)ccc2c1sc1ccccc12. The molecular formula is C24H20S. The average molecular weight is 340 g/mol. The van der Waals surface area contributed by atoms with Crippen LogP contribution in [0.3, 0.4) is 0 Å². The Morgan fingerprint density at radius 3 is 2.40 bits per heavy atom. The van der Waals surface area contributed by atoms with Gasteiger partial charge in [0.25, 0.3) is 0 Å². The van der Waals surface area contributed by atoms with Crippen LogP contribution >= 0.6 is 11.3 Å². The molecule has 1 heteroatoms. The van der Waals surface area contributed by atoms with Crippen molar-refractivity contribution in [2.24, 2.45) is 0 Å². The predicted octanol–water partition coefficient (Wildman–Crippen LogP) is 5.66. The van der Waals surface area contributed by atoms with E-state index in [2.05, 4.69) is 93.2 Å². The van der Waals surface area contributed by atoms with Gasteiger partial charge in [0.1, 0.15) is 0 Å². The fraction of sp³-hybridized carbons (Fsp3) is 0.0833. The molecule has 122 valence electrons. The van der Waals surface area contributed by atoms with Gasteiger partial charge >= 0.3 is 0 Å². The summed E-state index contributed by atoms with van der Waals surface area (Å²) in [7, 11) is 0. The summed E-state index contributed by atoms with van der Waals surface area (Å²) in [6.45, 7) is 8.67. The van der Waals surface area contributed by atoms with Gasteiger partial charge in [0, 0.05) is 25.7 Å². The number of fused-ring (bicyclic) bond motifs is 3. The minimum Gasteiger partial charge on any atom is -0.135 e. The lowest BCUT2D eigenvalue weighted by Crippen LogP contribution is -2.23. The number of thiophene rings is 1. The molecule has 0 radical (unpaired) electrons. The van der Waals surface area contributed by atoms with Crippen LogP contribution in [0.15, 0.2) is 67.2 Å². The maximum Gasteiger partial charge on any atom is 0.0436 e. The molecule has 0 aliphatic rings. The Bertz CT molecular complexity index is 1220. The largest absolute Gasteiger partial charge is 0.135 e. The molecule has 1 aromatic heterocycles. The first kappa shape index (κ1) is 15.9. The number of benzene rings is 3. The first-order chi connectivity index (χ1) is 12.2. The molecule has 0 amide bonds. The van der Waals surface area contributed by atoms with E-state index in [1.165, 1.54) is 41.7 Å². The average Bonchev–Trinajstić information content (AvgIpc) is 3.00. The van der Waals surface area contributed by atoms with Crippen LogP contribution in [0.4, 0.5) is 0 Å². The van der Waals surface area contributed by atoms with Crippen LogP contribution in [-0.2, 0) is 0 Å². The van der Waals surface area contributed by atoms with Gasteiger partial charge in [-0.15, -0.1) is 11.3 Å². The van der Waals surface area contributed by atoms with Gasteiger partial charge in [0.2, 0.25) is 0 Å². The van der Waals surface area contributed by atoms with E-state index in [1.54, 1.807) is 0 Å². The Labute approximate surface area is 152 Å². The zero-order valence-corrected chi connectivity index (χ0v) is 15.4. The van der Waals surface area contributed by atoms with Crippen molar-refractivity contribution in [1.82, 2.24) is 0 Å². The highest BCUT2D eigenvalue weighted by atomic mass is 32.1. The van der Waals surface area contributed by atoms with Crippen molar-refractivity contribution in [2.75, 3.05) is 0 Å². The summed E-state index contributed by atoms with van der Waals surface area (Å²) in [5.41, 5.74) is 3.62.